The van der Waals surface area contributed by atoms with Crippen molar-refractivity contribution >= 4 is 29.1 Å². The Kier molecular flexibility index (Phi) is 9.11. The Hall–Kier alpha value is -1.92. The first-order valence-electron chi connectivity index (χ1n) is 9.83. The Morgan fingerprint density at radius 1 is 1.25 bits per heavy atom. The Balaban J connectivity index is 0.00000392. The van der Waals surface area contributed by atoms with Crippen molar-refractivity contribution in [2.45, 2.75) is 65.5 Å². The van der Waals surface area contributed by atoms with E-state index in [0.29, 0.717) is 29.8 Å². The summed E-state index contributed by atoms with van der Waals surface area (Å²) in [6.45, 7) is 9.11. The lowest BCUT2D eigenvalue weighted by atomic mass is 9.90. The van der Waals surface area contributed by atoms with Gasteiger partial charge in [-0.15, -0.1) is 12.4 Å². The van der Waals surface area contributed by atoms with Crippen molar-refractivity contribution in [2.24, 2.45) is 11.7 Å². The van der Waals surface area contributed by atoms with Crippen LogP contribution < -0.4 is 16.6 Å². The zero-order chi connectivity index (χ0) is 20.0. The minimum absolute atomic E-state index is 0. The number of unbranched alkanes of at least 4 members (excludes halogenated alkanes) is 2. The van der Waals surface area contributed by atoms with E-state index in [2.05, 4.69) is 31.2 Å². The minimum atomic E-state index is -0.517. The number of rotatable bonds is 9. The van der Waals surface area contributed by atoms with Crippen LogP contribution in [0.25, 0.3) is 10.8 Å². The Morgan fingerprint density at radius 2 is 1.89 bits per heavy atom. The Bertz CT molecular complexity index is 850. The lowest BCUT2D eigenvalue weighted by Gasteiger charge is -2.31. The molecule has 7 heteroatoms. The normalized spacial score (nSPS) is 13.2. The second kappa shape index (κ2) is 10.6. The molecule has 2 rings (SSSR count). The molecule has 0 aliphatic carbocycles. The molecule has 1 aromatic heterocycles. The molecule has 1 amide bonds. The van der Waals surface area contributed by atoms with Crippen LogP contribution >= 0.6 is 12.4 Å². The molecule has 1 unspecified atom stereocenters. The Labute approximate surface area is 173 Å². The van der Waals surface area contributed by atoms with E-state index in [1.807, 2.05) is 19.1 Å². The van der Waals surface area contributed by atoms with Gasteiger partial charge in [0.1, 0.15) is 0 Å². The third kappa shape index (κ3) is 5.79. The fourth-order valence-corrected chi connectivity index (χ4v) is 3.49. The van der Waals surface area contributed by atoms with Crippen molar-refractivity contribution in [1.82, 2.24) is 15.1 Å². The Morgan fingerprint density at radius 3 is 2.46 bits per heavy atom. The van der Waals surface area contributed by atoms with E-state index in [-0.39, 0.29) is 29.6 Å². The third-order valence-electron chi connectivity index (χ3n) is 4.78. The average molecular weight is 409 g/mol. The van der Waals surface area contributed by atoms with Gasteiger partial charge in [0.2, 0.25) is 0 Å². The molecule has 0 spiro atoms. The molecule has 2 aromatic rings. The third-order valence-corrected chi connectivity index (χ3v) is 4.78. The summed E-state index contributed by atoms with van der Waals surface area (Å²) in [5.74, 6) is 0.107. The number of nitrogens with zero attached hydrogens (tertiary/aromatic N) is 2. The number of hydrogen-bond donors (Lipinski definition) is 2. The van der Waals surface area contributed by atoms with E-state index < -0.39 is 5.54 Å². The van der Waals surface area contributed by atoms with Crippen molar-refractivity contribution in [1.29, 1.82) is 0 Å². The van der Waals surface area contributed by atoms with Crippen molar-refractivity contribution in [3.05, 3.63) is 40.3 Å². The van der Waals surface area contributed by atoms with Crippen LogP contribution in [0.1, 0.15) is 63.9 Å². The lowest BCUT2D eigenvalue weighted by molar-refractivity contribution is 0.0892. The molecular formula is C21H33ClN4O2. The standard InChI is InChI=1S/C21H32N4O2.ClH/c1-5-6-9-12-25-20(27)17-11-8-7-10-16(17)18(24-25)19(26)23-21(4,14-22)13-15(2)3;/h7-8,10-11,15H,5-6,9,12-14,22H2,1-4H3,(H,23,26);1H. The quantitative estimate of drug-likeness (QED) is 0.621. The van der Waals surface area contributed by atoms with Gasteiger partial charge in [0.05, 0.1) is 10.9 Å². The number of nitrogens with two attached hydrogens (primary N) is 1. The second-order valence-corrected chi connectivity index (χ2v) is 7.95. The zero-order valence-corrected chi connectivity index (χ0v) is 18.1. The van der Waals surface area contributed by atoms with Crippen LogP contribution in [0.4, 0.5) is 0 Å². The van der Waals surface area contributed by atoms with E-state index >= 15 is 0 Å². The number of aromatic nitrogens is 2. The van der Waals surface area contributed by atoms with Crippen LogP contribution in [0.2, 0.25) is 0 Å². The molecule has 0 aliphatic heterocycles. The number of carbonyl (C=O) groups is 1. The highest BCUT2D eigenvalue weighted by Crippen LogP contribution is 2.18. The van der Waals surface area contributed by atoms with Gasteiger partial charge in [-0.3, -0.25) is 9.59 Å². The van der Waals surface area contributed by atoms with Gasteiger partial charge < -0.3 is 11.1 Å². The predicted octanol–water partition coefficient (Wildman–Crippen LogP) is 3.50. The molecule has 3 N–H and O–H groups in total. The SMILES string of the molecule is CCCCCn1nc(C(=O)NC(C)(CN)CC(C)C)c2ccccc2c1=O.Cl. The minimum Gasteiger partial charge on any atom is -0.344 e. The van der Waals surface area contributed by atoms with Crippen LogP contribution in [-0.2, 0) is 6.54 Å². The summed E-state index contributed by atoms with van der Waals surface area (Å²) in [4.78, 5) is 25.8. The number of nitrogens with one attached hydrogen (secondary N) is 1. The first-order valence-corrected chi connectivity index (χ1v) is 9.83. The van der Waals surface area contributed by atoms with Crippen LogP contribution in [0.5, 0.6) is 0 Å². The smallest absolute Gasteiger partial charge is 0.274 e. The number of halogens is 1. The topological polar surface area (TPSA) is 90.0 Å². The molecule has 1 aromatic carbocycles. The fourth-order valence-electron chi connectivity index (χ4n) is 3.49. The number of carbonyl (C=O) groups excluding carboxylic acids is 1. The highest BCUT2D eigenvalue weighted by atomic mass is 35.5. The first-order chi connectivity index (χ1) is 12.8. The van der Waals surface area contributed by atoms with Crippen molar-refractivity contribution in [3.8, 4) is 0 Å². The van der Waals surface area contributed by atoms with Gasteiger partial charge in [-0.05, 0) is 31.7 Å². The van der Waals surface area contributed by atoms with E-state index in [0.717, 1.165) is 25.7 Å². The first kappa shape index (κ1) is 24.1. The molecule has 28 heavy (non-hydrogen) atoms. The lowest BCUT2D eigenvalue weighted by Crippen LogP contribution is -2.52. The molecule has 1 atom stereocenters. The highest BCUT2D eigenvalue weighted by molar-refractivity contribution is 6.05. The van der Waals surface area contributed by atoms with Crippen LogP contribution in [0.15, 0.2) is 29.1 Å². The number of hydrogen-bond acceptors (Lipinski definition) is 4. The summed E-state index contributed by atoms with van der Waals surface area (Å²) in [6.07, 6.45) is 3.70. The van der Waals surface area contributed by atoms with Crippen LogP contribution in [-0.4, -0.2) is 27.8 Å². The molecule has 0 aliphatic rings. The number of aryl methyl sites for hydroxylation is 1. The van der Waals surface area contributed by atoms with E-state index in [1.54, 1.807) is 12.1 Å². The van der Waals surface area contributed by atoms with Crippen LogP contribution in [0, 0.1) is 5.92 Å². The van der Waals surface area contributed by atoms with Gasteiger partial charge in [-0.25, -0.2) is 4.68 Å². The zero-order valence-electron chi connectivity index (χ0n) is 17.3. The fraction of sp³-hybridized carbons (Fsp3) is 0.571. The van der Waals surface area contributed by atoms with Crippen LogP contribution in [0.3, 0.4) is 0 Å². The summed E-state index contributed by atoms with van der Waals surface area (Å²) in [5.41, 5.74) is 5.55. The number of amides is 1. The van der Waals surface area contributed by atoms with Gasteiger partial charge in [0.15, 0.2) is 5.69 Å². The van der Waals surface area contributed by atoms with Gasteiger partial charge in [-0.2, -0.15) is 5.10 Å². The molecule has 0 fully saturated rings. The summed E-state index contributed by atoms with van der Waals surface area (Å²) < 4.78 is 1.43. The maximum absolute atomic E-state index is 13.1. The van der Waals surface area contributed by atoms with Gasteiger partial charge in [0, 0.05) is 18.5 Å². The predicted molar refractivity (Wildman–Crippen MR) is 117 cm³/mol. The van der Waals surface area contributed by atoms with Crippen molar-refractivity contribution in [3.63, 3.8) is 0 Å². The highest BCUT2D eigenvalue weighted by Gasteiger charge is 2.28. The van der Waals surface area contributed by atoms with Crippen molar-refractivity contribution in [2.75, 3.05) is 6.54 Å². The van der Waals surface area contributed by atoms with Gasteiger partial charge in [0.25, 0.3) is 11.5 Å². The van der Waals surface area contributed by atoms with E-state index in [4.69, 9.17) is 5.73 Å². The van der Waals surface area contributed by atoms with Gasteiger partial charge >= 0.3 is 0 Å². The summed E-state index contributed by atoms with van der Waals surface area (Å²) in [6, 6.07) is 7.16. The molecular weight excluding hydrogens is 376 g/mol. The summed E-state index contributed by atoms with van der Waals surface area (Å²) >= 11 is 0. The average Bonchev–Trinajstić information content (AvgIpc) is 2.63. The molecule has 6 nitrogen and oxygen atoms in total. The summed E-state index contributed by atoms with van der Waals surface area (Å²) in [7, 11) is 0. The molecule has 1 heterocycles. The molecule has 0 bridgehead atoms. The monoisotopic (exact) mass is 408 g/mol. The maximum atomic E-state index is 13.1. The van der Waals surface area contributed by atoms with Crippen molar-refractivity contribution < 1.29 is 4.79 Å². The largest absolute Gasteiger partial charge is 0.344 e. The van der Waals surface area contributed by atoms with E-state index in [1.165, 1.54) is 4.68 Å². The van der Waals surface area contributed by atoms with E-state index in [9.17, 15) is 9.59 Å². The second-order valence-electron chi connectivity index (χ2n) is 7.95. The molecule has 0 saturated carbocycles. The molecule has 0 saturated heterocycles. The summed E-state index contributed by atoms with van der Waals surface area (Å²) in [5, 5.41) is 8.58. The number of benzene rings is 1. The van der Waals surface area contributed by atoms with Gasteiger partial charge in [-0.1, -0.05) is 51.8 Å². The maximum Gasteiger partial charge on any atom is 0.274 e. The molecule has 0 radical (unpaired) electrons. The molecule has 156 valence electrons. The number of fused-ring (bicyclic) bond motifs is 1.